The monoisotopic (exact) mass is 303 g/mol. The number of hydrogen-bond acceptors (Lipinski definition) is 4. The third-order valence-corrected chi connectivity index (χ3v) is 3.38. The summed E-state index contributed by atoms with van der Waals surface area (Å²) in [6, 6.07) is 5.51. The van der Waals surface area contributed by atoms with E-state index >= 15 is 0 Å². The summed E-state index contributed by atoms with van der Waals surface area (Å²) in [5, 5.41) is 0.780. The molecule has 0 unspecified atom stereocenters. The van der Waals surface area contributed by atoms with Gasteiger partial charge in [0, 0.05) is 22.7 Å². The van der Waals surface area contributed by atoms with Crippen LogP contribution in [0.2, 0.25) is 0 Å². The van der Waals surface area contributed by atoms with Gasteiger partial charge in [-0.25, -0.2) is 0 Å². The quantitative estimate of drug-likeness (QED) is 0.427. The number of aromatic nitrogens is 1. The van der Waals surface area contributed by atoms with E-state index in [0.29, 0.717) is 24.5 Å². The number of carbonyl (C=O) groups excluding carboxylic acids is 2. The lowest BCUT2D eigenvalue weighted by molar-refractivity contribution is -0.144. The van der Waals surface area contributed by atoms with Crippen molar-refractivity contribution in [3.8, 4) is 5.75 Å². The van der Waals surface area contributed by atoms with E-state index in [2.05, 4.69) is 0 Å². The Kier molecular flexibility index (Phi) is 5.58. The average Bonchev–Trinajstić information content (AvgIpc) is 2.85. The van der Waals surface area contributed by atoms with Crippen LogP contribution in [0.25, 0.3) is 10.9 Å². The summed E-state index contributed by atoms with van der Waals surface area (Å²) < 4.78 is 12.4. The predicted molar refractivity (Wildman–Crippen MR) is 84.4 cm³/mol. The molecule has 0 saturated heterocycles. The summed E-state index contributed by atoms with van der Waals surface area (Å²) in [7, 11) is 0. The standard InChI is InChI=1S/C17H21NO4/c1-3-5-8-22-17(20)11-18-10-13(12-19)15-9-14(21-4-2)6-7-16(15)18/h6-7,9-10,12H,3-5,8,11H2,1-2H3. The molecule has 0 atom stereocenters. The number of aldehydes is 1. The molecule has 1 aromatic carbocycles. The van der Waals surface area contributed by atoms with Gasteiger partial charge in [-0.15, -0.1) is 0 Å². The van der Waals surface area contributed by atoms with E-state index in [4.69, 9.17) is 9.47 Å². The van der Waals surface area contributed by atoms with Crippen LogP contribution in [-0.2, 0) is 16.1 Å². The summed E-state index contributed by atoms with van der Waals surface area (Å²) in [6.45, 7) is 5.04. The highest BCUT2D eigenvalue weighted by Crippen LogP contribution is 2.25. The molecule has 5 heteroatoms. The van der Waals surface area contributed by atoms with Crippen molar-refractivity contribution >= 4 is 23.2 Å². The molecule has 1 heterocycles. The van der Waals surface area contributed by atoms with E-state index in [1.165, 1.54) is 0 Å². The fourth-order valence-corrected chi connectivity index (χ4v) is 2.30. The first kappa shape index (κ1) is 16.1. The molecule has 22 heavy (non-hydrogen) atoms. The van der Waals surface area contributed by atoms with Gasteiger partial charge >= 0.3 is 5.97 Å². The van der Waals surface area contributed by atoms with Gasteiger partial charge in [0.05, 0.1) is 13.2 Å². The molecule has 2 aromatic rings. The Morgan fingerprint density at radius 3 is 2.82 bits per heavy atom. The molecule has 118 valence electrons. The Balaban J connectivity index is 2.23. The van der Waals surface area contributed by atoms with Gasteiger partial charge in [-0.05, 0) is 31.5 Å². The van der Waals surface area contributed by atoms with Crippen LogP contribution in [0.4, 0.5) is 0 Å². The van der Waals surface area contributed by atoms with Crippen molar-refractivity contribution in [3.63, 3.8) is 0 Å². The fraction of sp³-hybridized carbons (Fsp3) is 0.412. The number of carbonyl (C=O) groups is 2. The minimum Gasteiger partial charge on any atom is -0.494 e. The molecule has 0 aliphatic heterocycles. The van der Waals surface area contributed by atoms with Crippen molar-refractivity contribution in [1.82, 2.24) is 4.57 Å². The number of fused-ring (bicyclic) bond motifs is 1. The molecule has 2 rings (SSSR count). The molecule has 0 amide bonds. The Morgan fingerprint density at radius 2 is 2.14 bits per heavy atom. The first-order valence-corrected chi connectivity index (χ1v) is 7.56. The van der Waals surface area contributed by atoms with Crippen LogP contribution in [0.15, 0.2) is 24.4 Å². The fourth-order valence-electron chi connectivity index (χ4n) is 2.30. The topological polar surface area (TPSA) is 57.5 Å². The number of unbranched alkanes of at least 4 members (excludes halogenated alkanes) is 1. The number of benzene rings is 1. The SMILES string of the molecule is CCCCOC(=O)Cn1cc(C=O)c2cc(OCC)ccc21. The lowest BCUT2D eigenvalue weighted by Gasteiger charge is -2.07. The van der Waals surface area contributed by atoms with E-state index < -0.39 is 0 Å². The average molecular weight is 303 g/mol. The first-order chi connectivity index (χ1) is 10.7. The van der Waals surface area contributed by atoms with E-state index in [-0.39, 0.29) is 12.5 Å². The molecule has 0 saturated carbocycles. The summed E-state index contributed by atoms with van der Waals surface area (Å²) in [5.74, 6) is 0.415. The van der Waals surface area contributed by atoms with Crippen molar-refractivity contribution in [1.29, 1.82) is 0 Å². The Hall–Kier alpha value is -2.30. The summed E-state index contributed by atoms with van der Waals surface area (Å²) >= 11 is 0. The van der Waals surface area contributed by atoms with Gasteiger partial charge in [0.15, 0.2) is 6.29 Å². The highest BCUT2D eigenvalue weighted by atomic mass is 16.5. The summed E-state index contributed by atoms with van der Waals surface area (Å²) in [4.78, 5) is 23.1. The van der Waals surface area contributed by atoms with Gasteiger partial charge < -0.3 is 14.0 Å². The summed E-state index contributed by atoms with van der Waals surface area (Å²) in [6.07, 6.45) is 4.30. The van der Waals surface area contributed by atoms with Crippen LogP contribution in [0.3, 0.4) is 0 Å². The van der Waals surface area contributed by atoms with E-state index in [9.17, 15) is 9.59 Å². The summed E-state index contributed by atoms with van der Waals surface area (Å²) in [5.41, 5.74) is 1.36. The maximum atomic E-state index is 11.8. The van der Waals surface area contributed by atoms with Crippen molar-refractivity contribution in [3.05, 3.63) is 30.0 Å². The molecule has 0 bridgehead atoms. The minimum absolute atomic E-state index is 0.0992. The molecule has 1 aromatic heterocycles. The van der Waals surface area contributed by atoms with E-state index in [1.807, 2.05) is 32.0 Å². The molecule has 0 aliphatic carbocycles. The minimum atomic E-state index is -0.295. The number of rotatable bonds is 8. The zero-order chi connectivity index (χ0) is 15.9. The molecule has 0 N–H and O–H groups in total. The number of ether oxygens (including phenoxy) is 2. The molecule has 0 aliphatic rings. The number of hydrogen-bond donors (Lipinski definition) is 0. The zero-order valence-electron chi connectivity index (χ0n) is 13.0. The number of nitrogens with zero attached hydrogens (tertiary/aromatic N) is 1. The van der Waals surface area contributed by atoms with Crippen molar-refractivity contribution < 1.29 is 19.1 Å². The first-order valence-electron chi connectivity index (χ1n) is 7.56. The van der Waals surface area contributed by atoms with Gasteiger partial charge in [0.1, 0.15) is 12.3 Å². The molecular formula is C17H21NO4. The second-order valence-corrected chi connectivity index (χ2v) is 5.02. The van der Waals surface area contributed by atoms with Crippen LogP contribution < -0.4 is 4.74 Å². The lowest BCUT2D eigenvalue weighted by Crippen LogP contribution is -2.13. The van der Waals surface area contributed by atoms with Gasteiger partial charge in [-0.2, -0.15) is 0 Å². The predicted octanol–water partition coefficient (Wildman–Crippen LogP) is 3.20. The van der Waals surface area contributed by atoms with Crippen LogP contribution in [-0.4, -0.2) is 30.0 Å². The highest BCUT2D eigenvalue weighted by Gasteiger charge is 2.12. The van der Waals surface area contributed by atoms with Gasteiger partial charge in [-0.3, -0.25) is 9.59 Å². The van der Waals surface area contributed by atoms with Crippen LogP contribution in [0, 0.1) is 0 Å². The van der Waals surface area contributed by atoms with Crippen molar-refractivity contribution in [2.24, 2.45) is 0 Å². The Morgan fingerprint density at radius 1 is 1.32 bits per heavy atom. The Labute approximate surface area is 129 Å². The largest absolute Gasteiger partial charge is 0.494 e. The highest BCUT2D eigenvalue weighted by molar-refractivity contribution is 5.98. The van der Waals surface area contributed by atoms with Crippen LogP contribution in [0.1, 0.15) is 37.0 Å². The van der Waals surface area contributed by atoms with Crippen LogP contribution in [0.5, 0.6) is 5.75 Å². The zero-order valence-corrected chi connectivity index (χ0v) is 13.0. The molecule has 0 radical (unpaired) electrons. The van der Waals surface area contributed by atoms with Crippen molar-refractivity contribution in [2.75, 3.05) is 13.2 Å². The van der Waals surface area contributed by atoms with Gasteiger partial charge in [-0.1, -0.05) is 13.3 Å². The molecule has 0 fully saturated rings. The maximum Gasteiger partial charge on any atom is 0.325 e. The molecule has 0 spiro atoms. The van der Waals surface area contributed by atoms with Crippen molar-refractivity contribution in [2.45, 2.75) is 33.2 Å². The van der Waals surface area contributed by atoms with E-state index in [1.54, 1.807) is 10.8 Å². The van der Waals surface area contributed by atoms with E-state index in [0.717, 1.165) is 30.0 Å². The van der Waals surface area contributed by atoms with Gasteiger partial charge in [0.2, 0.25) is 0 Å². The molecular weight excluding hydrogens is 282 g/mol. The third kappa shape index (κ3) is 3.67. The third-order valence-electron chi connectivity index (χ3n) is 3.38. The maximum absolute atomic E-state index is 11.8. The van der Waals surface area contributed by atoms with Gasteiger partial charge in [0.25, 0.3) is 0 Å². The smallest absolute Gasteiger partial charge is 0.325 e. The lowest BCUT2D eigenvalue weighted by atomic mass is 10.2. The number of esters is 1. The normalized spacial score (nSPS) is 10.6. The van der Waals surface area contributed by atoms with Crippen LogP contribution >= 0.6 is 0 Å². The second kappa shape index (κ2) is 7.64. The Bertz CT molecular complexity index is 660. The second-order valence-electron chi connectivity index (χ2n) is 5.02. The molecule has 5 nitrogen and oxygen atoms in total.